The van der Waals surface area contributed by atoms with Crippen LogP contribution < -0.4 is 10.9 Å². The van der Waals surface area contributed by atoms with Crippen LogP contribution in [0, 0.1) is 0 Å². The van der Waals surface area contributed by atoms with E-state index in [0.717, 1.165) is 21.0 Å². The summed E-state index contributed by atoms with van der Waals surface area (Å²) in [6, 6.07) is 14.0. The molecular formula is C20H16N4O4. The Hall–Kier alpha value is -3.94. The number of benzene rings is 2. The van der Waals surface area contributed by atoms with Gasteiger partial charge in [0.15, 0.2) is 0 Å². The Morgan fingerprint density at radius 3 is 2.68 bits per heavy atom. The van der Waals surface area contributed by atoms with Gasteiger partial charge in [0.2, 0.25) is 5.91 Å². The van der Waals surface area contributed by atoms with Crippen LogP contribution >= 0.6 is 0 Å². The van der Waals surface area contributed by atoms with Crippen LogP contribution in [0.4, 0.5) is 5.69 Å². The Balaban J connectivity index is 1.53. The van der Waals surface area contributed by atoms with Crippen LogP contribution in [0.15, 0.2) is 65.7 Å². The molecule has 0 aliphatic carbocycles. The summed E-state index contributed by atoms with van der Waals surface area (Å²) in [5, 5.41) is 17.8. The first-order valence-corrected chi connectivity index (χ1v) is 8.57. The summed E-state index contributed by atoms with van der Waals surface area (Å²) in [6.45, 7) is -0.340. The van der Waals surface area contributed by atoms with Crippen LogP contribution in [0.1, 0.15) is 0 Å². The quantitative estimate of drug-likeness (QED) is 0.555. The lowest BCUT2D eigenvalue weighted by Crippen LogP contribution is -2.29. The second-order valence-electron chi connectivity index (χ2n) is 6.35. The lowest BCUT2D eigenvalue weighted by Gasteiger charge is -2.08. The molecular weight excluding hydrogens is 360 g/mol. The first-order valence-electron chi connectivity index (χ1n) is 8.57. The SMILES string of the molecule is O=C(O)Cn1ccc2cc(NC(=O)Cn3ncc4ccccc4c3=O)ccc21. The van der Waals surface area contributed by atoms with Gasteiger partial charge >= 0.3 is 5.97 Å². The molecule has 4 rings (SSSR count). The number of aliphatic carboxylic acids is 1. The summed E-state index contributed by atoms with van der Waals surface area (Å²) in [7, 11) is 0. The number of carbonyl (C=O) groups is 2. The lowest BCUT2D eigenvalue weighted by atomic mass is 10.2. The zero-order valence-corrected chi connectivity index (χ0v) is 14.7. The number of nitrogens with zero attached hydrogens (tertiary/aromatic N) is 3. The zero-order valence-electron chi connectivity index (χ0n) is 14.7. The van der Waals surface area contributed by atoms with Crippen molar-refractivity contribution in [3.05, 3.63) is 71.3 Å². The maximum atomic E-state index is 12.5. The van der Waals surface area contributed by atoms with Gasteiger partial charge in [-0.15, -0.1) is 0 Å². The summed E-state index contributed by atoms with van der Waals surface area (Å²) in [4.78, 5) is 35.7. The number of nitrogens with one attached hydrogen (secondary N) is 1. The molecule has 0 aliphatic heterocycles. The van der Waals surface area contributed by atoms with Crippen LogP contribution in [-0.2, 0) is 22.7 Å². The smallest absolute Gasteiger partial charge is 0.323 e. The van der Waals surface area contributed by atoms with Gasteiger partial charge in [-0.1, -0.05) is 18.2 Å². The van der Waals surface area contributed by atoms with Gasteiger partial charge in [0.25, 0.3) is 5.56 Å². The normalized spacial score (nSPS) is 11.0. The molecule has 0 atom stereocenters. The first kappa shape index (κ1) is 17.5. The number of hydrogen-bond acceptors (Lipinski definition) is 4. The largest absolute Gasteiger partial charge is 0.480 e. The molecule has 0 bridgehead atoms. The van der Waals surface area contributed by atoms with Crippen molar-refractivity contribution in [1.29, 1.82) is 0 Å². The Morgan fingerprint density at radius 2 is 1.86 bits per heavy atom. The maximum Gasteiger partial charge on any atom is 0.323 e. The van der Waals surface area contributed by atoms with Crippen molar-refractivity contribution in [2.75, 3.05) is 5.32 Å². The zero-order chi connectivity index (χ0) is 19.7. The molecule has 0 saturated heterocycles. The maximum absolute atomic E-state index is 12.5. The van der Waals surface area contributed by atoms with Gasteiger partial charge in [-0.2, -0.15) is 5.10 Å². The molecule has 2 N–H and O–H groups in total. The number of rotatable bonds is 5. The Morgan fingerprint density at radius 1 is 1.04 bits per heavy atom. The minimum Gasteiger partial charge on any atom is -0.480 e. The molecule has 140 valence electrons. The Bertz CT molecular complexity index is 1270. The second kappa shape index (κ2) is 6.99. The highest BCUT2D eigenvalue weighted by atomic mass is 16.4. The van der Waals surface area contributed by atoms with E-state index in [1.165, 1.54) is 0 Å². The molecule has 2 heterocycles. The topological polar surface area (TPSA) is 106 Å². The van der Waals surface area contributed by atoms with Gasteiger partial charge in [-0.05, 0) is 30.3 Å². The molecule has 2 aromatic heterocycles. The van der Waals surface area contributed by atoms with E-state index in [-0.39, 0.29) is 24.6 Å². The predicted octanol–water partition coefficient (Wildman–Crippen LogP) is 2.07. The van der Waals surface area contributed by atoms with Crippen molar-refractivity contribution in [3.63, 3.8) is 0 Å². The molecule has 0 unspecified atom stereocenters. The average molecular weight is 376 g/mol. The van der Waals surface area contributed by atoms with Crippen LogP contribution in [0.3, 0.4) is 0 Å². The number of anilines is 1. The standard InChI is InChI=1S/C20H16N4O4/c25-18(11-24-20(28)16-4-2-1-3-14(16)10-21-24)22-15-5-6-17-13(9-15)7-8-23(17)12-19(26)27/h1-10H,11-12H2,(H,22,25)(H,26,27). The van der Waals surface area contributed by atoms with Crippen LogP contribution in [0.5, 0.6) is 0 Å². The monoisotopic (exact) mass is 376 g/mol. The number of hydrogen-bond donors (Lipinski definition) is 2. The van der Waals surface area contributed by atoms with Gasteiger partial charge < -0.3 is 15.0 Å². The minimum atomic E-state index is -0.928. The lowest BCUT2D eigenvalue weighted by molar-refractivity contribution is -0.137. The number of aromatic nitrogens is 3. The fourth-order valence-corrected chi connectivity index (χ4v) is 3.14. The van der Waals surface area contributed by atoms with Crippen LogP contribution in [0.25, 0.3) is 21.7 Å². The number of fused-ring (bicyclic) bond motifs is 2. The molecule has 4 aromatic rings. The van der Waals surface area contributed by atoms with Gasteiger partial charge in [-0.25, -0.2) is 4.68 Å². The third kappa shape index (κ3) is 3.35. The highest BCUT2D eigenvalue weighted by molar-refractivity contribution is 5.94. The van der Waals surface area contributed by atoms with E-state index in [4.69, 9.17) is 5.11 Å². The highest BCUT2D eigenvalue weighted by Gasteiger charge is 2.10. The molecule has 2 aromatic carbocycles. The molecule has 0 fully saturated rings. The van der Waals surface area contributed by atoms with Crippen molar-refractivity contribution in [2.45, 2.75) is 13.1 Å². The summed E-state index contributed by atoms with van der Waals surface area (Å²) >= 11 is 0. The molecule has 8 heteroatoms. The van der Waals surface area contributed by atoms with Gasteiger partial charge in [0.1, 0.15) is 13.1 Å². The third-order valence-corrected chi connectivity index (χ3v) is 4.42. The van der Waals surface area contributed by atoms with E-state index >= 15 is 0 Å². The minimum absolute atomic E-state index is 0.133. The van der Waals surface area contributed by atoms with Crippen molar-refractivity contribution < 1.29 is 14.7 Å². The van der Waals surface area contributed by atoms with Crippen molar-refractivity contribution in [2.24, 2.45) is 0 Å². The van der Waals surface area contributed by atoms with E-state index in [1.807, 2.05) is 6.07 Å². The van der Waals surface area contributed by atoms with Crippen molar-refractivity contribution in [1.82, 2.24) is 14.3 Å². The number of carboxylic acids is 1. The molecule has 0 aliphatic rings. The van der Waals surface area contributed by atoms with E-state index in [2.05, 4.69) is 10.4 Å². The molecule has 0 radical (unpaired) electrons. The summed E-state index contributed by atoms with van der Waals surface area (Å²) in [5.74, 6) is -1.31. The number of carboxylic acid groups (broad SMARTS) is 1. The summed E-state index contributed by atoms with van der Waals surface area (Å²) in [5.41, 5.74) is 0.988. The fraction of sp³-hybridized carbons (Fsp3) is 0.100. The van der Waals surface area contributed by atoms with Gasteiger partial charge in [-0.3, -0.25) is 14.4 Å². The molecule has 0 saturated carbocycles. The first-order chi connectivity index (χ1) is 13.5. The molecule has 0 spiro atoms. The van der Waals surface area contributed by atoms with Crippen LogP contribution in [0.2, 0.25) is 0 Å². The Labute approximate surface area is 158 Å². The predicted molar refractivity (Wildman–Crippen MR) is 104 cm³/mol. The summed E-state index contributed by atoms with van der Waals surface area (Å²) < 4.78 is 2.74. The van der Waals surface area contributed by atoms with Crippen molar-refractivity contribution in [3.8, 4) is 0 Å². The summed E-state index contributed by atoms with van der Waals surface area (Å²) in [6.07, 6.45) is 3.24. The van der Waals surface area contributed by atoms with E-state index in [0.29, 0.717) is 11.1 Å². The second-order valence-corrected chi connectivity index (χ2v) is 6.35. The highest BCUT2D eigenvalue weighted by Crippen LogP contribution is 2.20. The third-order valence-electron chi connectivity index (χ3n) is 4.42. The van der Waals surface area contributed by atoms with Crippen molar-refractivity contribution >= 4 is 39.2 Å². The number of carbonyl (C=O) groups excluding carboxylic acids is 1. The average Bonchev–Trinajstić information content (AvgIpc) is 3.05. The number of amides is 1. The van der Waals surface area contributed by atoms with E-state index in [1.54, 1.807) is 59.4 Å². The molecule has 28 heavy (non-hydrogen) atoms. The van der Waals surface area contributed by atoms with E-state index in [9.17, 15) is 14.4 Å². The van der Waals surface area contributed by atoms with Gasteiger partial charge in [0.05, 0.1) is 11.6 Å². The fourth-order valence-electron chi connectivity index (χ4n) is 3.14. The van der Waals surface area contributed by atoms with Gasteiger partial charge in [0, 0.05) is 28.2 Å². The molecule has 8 nitrogen and oxygen atoms in total. The van der Waals surface area contributed by atoms with Crippen LogP contribution in [-0.4, -0.2) is 31.3 Å². The Kier molecular flexibility index (Phi) is 4.36. The van der Waals surface area contributed by atoms with E-state index < -0.39 is 5.97 Å². The molecule has 1 amide bonds.